The van der Waals surface area contributed by atoms with Crippen molar-refractivity contribution in [3.05, 3.63) is 35.9 Å². The predicted octanol–water partition coefficient (Wildman–Crippen LogP) is 2.51. The van der Waals surface area contributed by atoms with Crippen LogP contribution in [0.3, 0.4) is 0 Å². The highest BCUT2D eigenvalue weighted by Gasteiger charge is 2.50. The van der Waals surface area contributed by atoms with Gasteiger partial charge in [-0.1, -0.05) is 42.2 Å². The summed E-state index contributed by atoms with van der Waals surface area (Å²) in [5.74, 6) is 3.93. The van der Waals surface area contributed by atoms with Crippen LogP contribution in [0.25, 0.3) is 0 Å². The highest BCUT2D eigenvalue weighted by Crippen LogP contribution is 2.31. The van der Waals surface area contributed by atoms with Gasteiger partial charge in [0.1, 0.15) is 5.60 Å². The van der Waals surface area contributed by atoms with Crippen LogP contribution in [0.5, 0.6) is 0 Å². The fraction of sp³-hybridized carbons (Fsp3) is 0.474. The average Bonchev–Trinajstić information content (AvgIpc) is 2.79. The van der Waals surface area contributed by atoms with Gasteiger partial charge in [-0.3, -0.25) is 4.79 Å². The summed E-state index contributed by atoms with van der Waals surface area (Å²) in [4.78, 5) is 23.1. The van der Waals surface area contributed by atoms with E-state index in [4.69, 9.17) is 19.3 Å². The van der Waals surface area contributed by atoms with E-state index in [1.807, 2.05) is 44.2 Å². The molecule has 0 radical (unpaired) electrons. The van der Waals surface area contributed by atoms with Crippen molar-refractivity contribution in [1.82, 2.24) is 0 Å². The van der Waals surface area contributed by atoms with E-state index in [2.05, 4.69) is 11.8 Å². The zero-order valence-electron chi connectivity index (χ0n) is 14.6. The van der Waals surface area contributed by atoms with Crippen LogP contribution in [-0.4, -0.2) is 34.5 Å². The summed E-state index contributed by atoms with van der Waals surface area (Å²) in [6.07, 6.45) is -1.34. The normalized spacial score (nSPS) is 22.8. The summed E-state index contributed by atoms with van der Waals surface area (Å²) in [7, 11) is 0. The minimum Gasteiger partial charge on any atom is -0.481 e. The number of carbonyl (C=O) groups excluding carboxylic acids is 1. The van der Waals surface area contributed by atoms with Crippen LogP contribution in [0.2, 0.25) is 0 Å². The van der Waals surface area contributed by atoms with Crippen LogP contribution in [-0.2, 0) is 30.4 Å². The van der Waals surface area contributed by atoms with Gasteiger partial charge in [-0.05, 0) is 26.3 Å². The maximum Gasteiger partial charge on any atom is 0.342 e. The van der Waals surface area contributed by atoms with E-state index in [1.165, 1.54) is 0 Å². The van der Waals surface area contributed by atoms with Gasteiger partial charge in [-0.15, -0.1) is 0 Å². The number of benzene rings is 1. The van der Waals surface area contributed by atoms with Crippen molar-refractivity contribution >= 4 is 11.9 Å². The van der Waals surface area contributed by atoms with E-state index in [1.54, 1.807) is 6.92 Å². The topological polar surface area (TPSA) is 82.1 Å². The van der Waals surface area contributed by atoms with E-state index >= 15 is 0 Å². The van der Waals surface area contributed by atoms with E-state index in [9.17, 15) is 9.59 Å². The lowest BCUT2D eigenvalue weighted by Gasteiger charge is -2.21. The van der Waals surface area contributed by atoms with Crippen LogP contribution in [0.15, 0.2) is 30.3 Å². The number of esters is 1. The standard InChI is InChI=1S/C19H22O6/c1-14-24-17(22)19(25-14,12-16(20)21)11-7-10-18(2,3)23-13-15-8-5-4-6-9-15/h4-6,8-9,14H,11-13H2,1-3H3,(H,20,21)/t14-,19+/m0/s1. The summed E-state index contributed by atoms with van der Waals surface area (Å²) in [5, 5.41) is 9.05. The molecule has 0 saturated carbocycles. The Morgan fingerprint density at radius 1 is 1.36 bits per heavy atom. The fourth-order valence-corrected chi connectivity index (χ4v) is 2.46. The average molecular weight is 346 g/mol. The van der Waals surface area contributed by atoms with Gasteiger partial charge in [0, 0.05) is 6.42 Å². The van der Waals surface area contributed by atoms with E-state index < -0.39 is 35.9 Å². The molecule has 6 heteroatoms. The van der Waals surface area contributed by atoms with Crippen LogP contribution in [0, 0.1) is 11.8 Å². The lowest BCUT2D eigenvalue weighted by molar-refractivity contribution is -0.152. The second kappa shape index (κ2) is 7.68. The van der Waals surface area contributed by atoms with Gasteiger partial charge in [-0.2, -0.15) is 0 Å². The van der Waals surface area contributed by atoms with Gasteiger partial charge in [0.2, 0.25) is 6.29 Å². The van der Waals surface area contributed by atoms with E-state index in [0.717, 1.165) is 5.56 Å². The number of carboxylic acids is 1. The van der Waals surface area contributed by atoms with Gasteiger partial charge in [0.25, 0.3) is 0 Å². The highest BCUT2D eigenvalue weighted by molar-refractivity contribution is 5.86. The van der Waals surface area contributed by atoms with Gasteiger partial charge in [-0.25, -0.2) is 4.79 Å². The second-order valence-electron chi connectivity index (χ2n) is 6.42. The van der Waals surface area contributed by atoms with Crippen molar-refractivity contribution in [2.75, 3.05) is 0 Å². The first kappa shape index (κ1) is 19.0. The number of rotatable bonds is 6. The lowest BCUT2D eigenvalue weighted by atomic mass is 9.95. The molecule has 0 unspecified atom stereocenters. The zero-order chi connectivity index (χ0) is 18.5. The Morgan fingerprint density at radius 3 is 2.60 bits per heavy atom. The van der Waals surface area contributed by atoms with Crippen molar-refractivity contribution < 1.29 is 28.9 Å². The molecule has 1 aliphatic heterocycles. The van der Waals surface area contributed by atoms with Gasteiger partial charge < -0.3 is 19.3 Å². The number of carboxylic acid groups (broad SMARTS) is 1. The summed E-state index contributed by atoms with van der Waals surface area (Å²) < 4.78 is 16.2. The van der Waals surface area contributed by atoms with E-state index in [-0.39, 0.29) is 6.42 Å². The molecule has 0 aliphatic carbocycles. The Morgan fingerprint density at radius 2 is 2.04 bits per heavy atom. The molecule has 1 fully saturated rings. The molecular weight excluding hydrogens is 324 g/mol. The third kappa shape index (κ3) is 5.31. The third-order valence-corrected chi connectivity index (χ3v) is 3.68. The van der Waals surface area contributed by atoms with Crippen molar-refractivity contribution in [1.29, 1.82) is 0 Å². The van der Waals surface area contributed by atoms with Crippen LogP contribution in [0.1, 0.15) is 39.2 Å². The molecule has 25 heavy (non-hydrogen) atoms. The Balaban J connectivity index is 2.02. The Labute approximate surface area is 147 Å². The Kier molecular flexibility index (Phi) is 5.83. The summed E-state index contributed by atoms with van der Waals surface area (Å²) in [6, 6.07) is 9.69. The second-order valence-corrected chi connectivity index (χ2v) is 6.42. The third-order valence-electron chi connectivity index (χ3n) is 3.68. The highest BCUT2D eigenvalue weighted by atomic mass is 16.8. The number of hydrogen-bond donors (Lipinski definition) is 1. The molecule has 6 nitrogen and oxygen atoms in total. The SMILES string of the molecule is C[C@H]1OC(=O)[C@@](CC#CC(C)(C)OCc2ccccc2)(CC(=O)O)O1. The first-order chi connectivity index (χ1) is 11.7. The Bertz CT molecular complexity index is 685. The zero-order valence-corrected chi connectivity index (χ0v) is 14.6. The van der Waals surface area contributed by atoms with Gasteiger partial charge in [0.05, 0.1) is 13.0 Å². The molecule has 0 amide bonds. The first-order valence-electron chi connectivity index (χ1n) is 8.01. The summed E-state index contributed by atoms with van der Waals surface area (Å²) in [6.45, 7) is 5.56. The van der Waals surface area contributed by atoms with Gasteiger partial charge >= 0.3 is 11.9 Å². The number of cyclic esters (lactones) is 1. The molecule has 2 atom stereocenters. The predicted molar refractivity (Wildman–Crippen MR) is 89.3 cm³/mol. The largest absolute Gasteiger partial charge is 0.481 e. The summed E-state index contributed by atoms with van der Waals surface area (Å²) >= 11 is 0. The molecule has 1 aromatic carbocycles. The van der Waals surface area contributed by atoms with Crippen LogP contribution < -0.4 is 0 Å². The molecule has 1 aromatic rings. The van der Waals surface area contributed by atoms with Crippen LogP contribution in [0.4, 0.5) is 0 Å². The van der Waals surface area contributed by atoms with Crippen molar-refractivity contribution in [2.24, 2.45) is 0 Å². The number of ether oxygens (including phenoxy) is 3. The minimum absolute atomic E-state index is 0.0688. The number of carbonyl (C=O) groups is 2. The molecule has 1 heterocycles. The summed E-state index contributed by atoms with van der Waals surface area (Å²) in [5.41, 5.74) is -1.29. The molecule has 1 saturated heterocycles. The van der Waals surface area contributed by atoms with Gasteiger partial charge in [0.15, 0.2) is 5.60 Å². The van der Waals surface area contributed by atoms with Crippen molar-refractivity contribution in [3.63, 3.8) is 0 Å². The molecule has 2 rings (SSSR count). The van der Waals surface area contributed by atoms with Crippen molar-refractivity contribution in [3.8, 4) is 11.8 Å². The molecule has 0 aromatic heterocycles. The molecule has 1 N–H and O–H groups in total. The minimum atomic E-state index is -1.56. The van der Waals surface area contributed by atoms with Crippen LogP contribution >= 0.6 is 0 Å². The Hall–Kier alpha value is -2.36. The maximum atomic E-state index is 12.0. The lowest BCUT2D eigenvalue weighted by Crippen LogP contribution is -2.38. The molecule has 0 spiro atoms. The monoisotopic (exact) mass is 346 g/mol. The molecule has 134 valence electrons. The van der Waals surface area contributed by atoms with Crippen molar-refractivity contribution in [2.45, 2.75) is 57.7 Å². The molecular formula is C19H22O6. The number of hydrogen-bond acceptors (Lipinski definition) is 5. The van der Waals surface area contributed by atoms with E-state index in [0.29, 0.717) is 6.61 Å². The smallest absolute Gasteiger partial charge is 0.342 e. The maximum absolute atomic E-state index is 12.0. The molecule has 1 aliphatic rings. The molecule has 0 bridgehead atoms. The number of aliphatic carboxylic acids is 1. The quantitative estimate of drug-likeness (QED) is 0.629. The first-order valence-corrected chi connectivity index (χ1v) is 8.01. The fourth-order valence-electron chi connectivity index (χ4n) is 2.46.